The van der Waals surface area contributed by atoms with Gasteiger partial charge in [-0.1, -0.05) is 5.21 Å². The molecule has 0 aliphatic rings. The van der Waals surface area contributed by atoms with Crippen LogP contribution in [0.25, 0.3) is 0 Å². The Morgan fingerprint density at radius 3 is 2.92 bits per heavy atom. The van der Waals surface area contributed by atoms with Gasteiger partial charge in [-0.15, -0.1) is 5.10 Å². The van der Waals surface area contributed by atoms with E-state index < -0.39 is 12.0 Å². The minimum atomic E-state index is -1.02. The Hall–Kier alpha value is -1.72. The zero-order valence-corrected chi connectivity index (χ0v) is 6.34. The van der Waals surface area contributed by atoms with Crippen LogP contribution in [0.15, 0.2) is 6.20 Å². The molecule has 0 spiro atoms. The van der Waals surface area contributed by atoms with Gasteiger partial charge < -0.3 is 5.11 Å². The van der Waals surface area contributed by atoms with E-state index in [2.05, 4.69) is 10.3 Å². The molecule has 1 atom stereocenters. The van der Waals surface area contributed by atoms with Crippen molar-refractivity contribution in [3.8, 4) is 0 Å². The number of carbonyl (C=O) groups excluding carboxylic acids is 1. The van der Waals surface area contributed by atoms with E-state index in [1.807, 2.05) is 0 Å². The molecule has 0 saturated carbocycles. The third kappa shape index (κ3) is 1.47. The SMILES string of the molecule is CC(C(=O)O)n1cc(C=O)nn1. The lowest BCUT2D eigenvalue weighted by Gasteiger charge is -2.02. The lowest BCUT2D eigenvalue weighted by atomic mass is 10.3. The molecule has 1 rings (SSSR count). The molecule has 0 fully saturated rings. The maximum atomic E-state index is 10.4. The number of rotatable bonds is 3. The highest BCUT2D eigenvalue weighted by Gasteiger charge is 2.14. The van der Waals surface area contributed by atoms with Gasteiger partial charge in [0.25, 0.3) is 0 Å². The van der Waals surface area contributed by atoms with Crippen LogP contribution in [0, 0.1) is 0 Å². The van der Waals surface area contributed by atoms with E-state index in [1.165, 1.54) is 13.1 Å². The highest BCUT2D eigenvalue weighted by atomic mass is 16.4. The van der Waals surface area contributed by atoms with E-state index in [0.29, 0.717) is 6.29 Å². The van der Waals surface area contributed by atoms with Crippen molar-refractivity contribution >= 4 is 12.3 Å². The van der Waals surface area contributed by atoms with Crippen molar-refractivity contribution in [3.63, 3.8) is 0 Å². The van der Waals surface area contributed by atoms with Crippen molar-refractivity contribution < 1.29 is 14.7 Å². The molecule has 0 aliphatic carbocycles. The van der Waals surface area contributed by atoms with Gasteiger partial charge in [-0.05, 0) is 6.92 Å². The summed E-state index contributed by atoms with van der Waals surface area (Å²) in [5, 5.41) is 15.4. The van der Waals surface area contributed by atoms with Gasteiger partial charge in [0.15, 0.2) is 6.29 Å². The lowest BCUT2D eigenvalue weighted by molar-refractivity contribution is -0.140. The van der Waals surface area contributed by atoms with Crippen LogP contribution in [-0.2, 0) is 4.79 Å². The van der Waals surface area contributed by atoms with E-state index in [-0.39, 0.29) is 5.69 Å². The maximum absolute atomic E-state index is 10.4. The number of aromatic nitrogens is 3. The summed E-state index contributed by atoms with van der Waals surface area (Å²) in [7, 11) is 0. The van der Waals surface area contributed by atoms with E-state index >= 15 is 0 Å². The first kappa shape index (κ1) is 8.38. The molecule has 64 valence electrons. The van der Waals surface area contributed by atoms with Crippen molar-refractivity contribution in [2.45, 2.75) is 13.0 Å². The molecule has 12 heavy (non-hydrogen) atoms. The first-order valence-electron chi connectivity index (χ1n) is 3.25. The molecule has 1 N–H and O–H groups in total. The second kappa shape index (κ2) is 3.12. The van der Waals surface area contributed by atoms with Crippen LogP contribution >= 0.6 is 0 Å². The molecule has 0 aromatic carbocycles. The van der Waals surface area contributed by atoms with Gasteiger partial charge in [0, 0.05) is 0 Å². The standard InChI is InChI=1S/C6H7N3O3/c1-4(6(11)12)9-2-5(3-10)7-8-9/h2-4H,1H3,(H,11,12). The number of hydrogen-bond donors (Lipinski definition) is 1. The smallest absolute Gasteiger partial charge is 0.328 e. The molecule has 0 saturated heterocycles. The predicted molar refractivity (Wildman–Crippen MR) is 37.8 cm³/mol. The van der Waals surface area contributed by atoms with Gasteiger partial charge in [0.1, 0.15) is 11.7 Å². The largest absolute Gasteiger partial charge is 0.480 e. The van der Waals surface area contributed by atoms with Crippen LogP contribution in [0.2, 0.25) is 0 Å². The van der Waals surface area contributed by atoms with Gasteiger partial charge in [-0.2, -0.15) is 0 Å². The van der Waals surface area contributed by atoms with Crippen LogP contribution in [0.1, 0.15) is 23.5 Å². The zero-order valence-electron chi connectivity index (χ0n) is 6.34. The lowest BCUT2D eigenvalue weighted by Crippen LogP contribution is -2.15. The fourth-order valence-electron chi connectivity index (χ4n) is 0.647. The van der Waals surface area contributed by atoms with Gasteiger partial charge in [-0.3, -0.25) is 4.79 Å². The Labute approximate surface area is 67.8 Å². The van der Waals surface area contributed by atoms with Gasteiger partial charge >= 0.3 is 5.97 Å². The average Bonchev–Trinajstić information content (AvgIpc) is 2.50. The van der Waals surface area contributed by atoms with E-state index in [0.717, 1.165) is 4.68 Å². The minimum absolute atomic E-state index is 0.128. The van der Waals surface area contributed by atoms with Crippen molar-refractivity contribution in [1.82, 2.24) is 15.0 Å². The molecule has 6 nitrogen and oxygen atoms in total. The summed E-state index contributed by atoms with van der Waals surface area (Å²) < 4.78 is 1.12. The highest BCUT2D eigenvalue weighted by molar-refractivity contribution is 5.73. The fraction of sp³-hybridized carbons (Fsp3) is 0.333. The Bertz CT molecular complexity index is 307. The molecule has 6 heteroatoms. The first-order valence-corrected chi connectivity index (χ1v) is 3.25. The van der Waals surface area contributed by atoms with E-state index in [1.54, 1.807) is 0 Å². The third-order valence-corrected chi connectivity index (χ3v) is 1.40. The molecule has 1 aromatic heterocycles. The van der Waals surface area contributed by atoms with Crippen LogP contribution in [0.4, 0.5) is 0 Å². The Morgan fingerprint density at radius 2 is 2.50 bits per heavy atom. The molecule has 0 radical (unpaired) electrons. The van der Waals surface area contributed by atoms with E-state index in [9.17, 15) is 9.59 Å². The average molecular weight is 169 g/mol. The Morgan fingerprint density at radius 1 is 1.83 bits per heavy atom. The summed E-state index contributed by atoms with van der Waals surface area (Å²) in [5.41, 5.74) is 0.128. The third-order valence-electron chi connectivity index (χ3n) is 1.40. The normalized spacial score (nSPS) is 12.4. The van der Waals surface area contributed by atoms with Crippen molar-refractivity contribution in [2.24, 2.45) is 0 Å². The molecule has 0 aliphatic heterocycles. The van der Waals surface area contributed by atoms with Crippen molar-refractivity contribution in [3.05, 3.63) is 11.9 Å². The summed E-state index contributed by atoms with van der Waals surface area (Å²) in [6.45, 7) is 1.45. The summed E-state index contributed by atoms with van der Waals surface area (Å²) in [6, 6.07) is -0.800. The second-order valence-corrected chi connectivity index (χ2v) is 2.26. The first-order chi connectivity index (χ1) is 5.65. The van der Waals surface area contributed by atoms with Crippen molar-refractivity contribution in [2.75, 3.05) is 0 Å². The number of nitrogens with zero attached hydrogens (tertiary/aromatic N) is 3. The zero-order chi connectivity index (χ0) is 9.14. The van der Waals surface area contributed by atoms with Crippen LogP contribution in [-0.4, -0.2) is 32.4 Å². The predicted octanol–water partition coefficient (Wildman–Crippen LogP) is -0.264. The summed E-state index contributed by atoms with van der Waals surface area (Å²) in [6.07, 6.45) is 1.80. The second-order valence-electron chi connectivity index (χ2n) is 2.26. The number of carboxylic acid groups (broad SMARTS) is 1. The van der Waals surface area contributed by atoms with Crippen molar-refractivity contribution in [1.29, 1.82) is 0 Å². The molecule has 1 aromatic rings. The van der Waals surface area contributed by atoms with E-state index in [4.69, 9.17) is 5.11 Å². The Kier molecular flexibility index (Phi) is 2.18. The monoisotopic (exact) mass is 169 g/mol. The van der Waals surface area contributed by atoms with Gasteiger partial charge in [-0.25, -0.2) is 9.48 Å². The number of carboxylic acids is 1. The molecule has 1 heterocycles. The summed E-state index contributed by atoms with van der Waals surface area (Å²) in [5.74, 6) is -1.02. The molecular formula is C6H7N3O3. The number of aldehydes is 1. The molecule has 0 amide bonds. The fourth-order valence-corrected chi connectivity index (χ4v) is 0.647. The topological polar surface area (TPSA) is 85.1 Å². The van der Waals surface area contributed by atoms with Crippen LogP contribution in [0.5, 0.6) is 0 Å². The molecule has 1 unspecified atom stereocenters. The quantitative estimate of drug-likeness (QED) is 0.630. The number of hydrogen-bond acceptors (Lipinski definition) is 4. The number of aliphatic carboxylic acids is 1. The Balaban J connectivity index is 2.88. The van der Waals surface area contributed by atoms with Gasteiger partial charge in [0.2, 0.25) is 0 Å². The maximum Gasteiger partial charge on any atom is 0.328 e. The number of carbonyl (C=O) groups is 2. The molecule has 0 bridgehead atoms. The van der Waals surface area contributed by atoms with Gasteiger partial charge in [0.05, 0.1) is 6.20 Å². The minimum Gasteiger partial charge on any atom is -0.480 e. The van der Waals surface area contributed by atoms with Crippen LogP contribution in [0.3, 0.4) is 0 Å². The summed E-state index contributed by atoms with van der Waals surface area (Å²) >= 11 is 0. The highest BCUT2D eigenvalue weighted by Crippen LogP contribution is 2.02. The summed E-state index contributed by atoms with van der Waals surface area (Å²) in [4.78, 5) is 20.6. The molecular weight excluding hydrogens is 162 g/mol. The van der Waals surface area contributed by atoms with Crippen LogP contribution < -0.4 is 0 Å².